The second kappa shape index (κ2) is 6.78. The van der Waals surface area contributed by atoms with Crippen molar-refractivity contribution < 1.29 is 62.2 Å². The van der Waals surface area contributed by atoms with Crippen molar-refractivity contribution in [1.29, 1.82) is 0 Å². The fourth-order valence-electron chi connectivity index (χ4n) is 3.04. The zero-order valence-corrected chi connectivity index (χ0v) is 17.0. The molecule has 0 bridgehead atoms. The van der Waals surface area contributed by atoms with Crippen molar-refractivity contribution in [3.63, 3.8) is 0 Å². The quantitative estimate of drug-likeness (QED) is 0.505. The molecule has 3 atom stereocenters. The molecule has 0 spiro atoms. The lowest BCUT2D eigenvalue weighted by Gasteiger charge is -2.54. The second-order valence-electron chi connectivity index (χ2n) is 9.01. The van der Waals surface area contributed by atoms with Gasteiger partial charge in [-0.3, -0.25) is 9.47 Å². The van der Waals surface area contributed by atoms with Gasteiger partial charge in [-0.15, -0.1) is 0 Å². The van der Waals surface area contributed by atoms with Crippen LogP contribution in [0.2, 0.25) is 0 Å². The maximum absolute atomic E-state index is 16.1. The molecule has 1 aliphatic rings. The Morgan fingerprint density at radius 1 is 0.677 bits per heavy atom. The van der Waals surface area contributed by atoms with Gasteiger partial charge in [0.05, 0.1) is 11.0 Å². The van der Waals surface area contributed by atoms with Gasteiger partial charge in [0.2, 0.25) is 0 Å². The van der Waals surface area contributed by atoms with Crippen LogP contribution in [0.4, 0.5) is 52.7 Å². The molecule has 1 fully saturated rings. The van der Waals surface area contributed by atoms with Crippen LogP contribution in [0.3, 0.4) is 0 Å². The van der Waals surface area contributed by atoms with E-state index in [1.165, 1.54) is 0 Å². The van der Waals surface area contributed by atoms with Gasteiger partial charge in [0.1, 0.15) is 0 Å². The predicted octanol–water partition coefficient (Wildman–Crippen LogP) is 5.88. The van der Waals surface area contributed by atoms with E-state index in [4.69, 9.17) is 5.73 Å². The summed E-state index contributed by atoms with van der Waals surface area (Å²) in [5, 5.41) is 0. The molecule has 15 heteroatoms. The zero-order valence-electron chi connectivity index (χ0n) is 17.0. The van der Waals surface area contributed by atoms with E-state index in [0.29, 0.717) is 20.8 Å². The maximum atomic E-state index is 16.1. The van der Waals surface area contributed by atoms with Crippen molar-refractivity contribution in [1.82, 2.24) is 0 Å². The summed E-state index contributed by atoms with van der Waals surface area (Å²) >= 11 is 0. The third-order valence-electron chi connectivity index (χ3n) is 5.77. The fraction of sp³-hybridized carbons (Fsp3) is 1.00. The largest absolute Gasteiger partial charge is 0.453 e. The molecule has 1 rings (SSSR count). The summed E-state index contributed by atoms with van der Waals surface area (Å²) < 4.78 is 174. The highest BCUT2D eigenvalue weighted by Crippen LogP contribution is 2.68. The molecule has 2 N–H and O–H groups in total. The summed E-state index contributed by atoms with van der Waals surface area (Å²) in [7, 11) is 0. The number of hydrogen-bond acceptors (Lipinski definition) is 3. The van der Waals surface area contributed by atoms with Crippen LogP contribution in [0.25, 0.3) is 0 Å². The van der Waals surface area contributed by atoms with Crippen molar-refractivity contribution in [3.05, 3.63) is 0 Å². The monoisotopic (exact) mass is 487 g/mol. The lowest BCUT2D eigenvalue weighted by atomic mass is 9.61. The van der Waals surface area contributed by atoms with Gasteiger partial charge in [-0.2, -0.15) is 35.1 Å². The van der Waals surface area contributed by atoms with Gasteiger partial charge in [-0.25, -0.2) is 17.6 Å². The van der Waals surface area contributed by atoms with Crippen molar-refractivity contribution >= 4 is 0 Å². The Morgan fingerprint density at radius 3 is 1.26 bits per heavy atom. The van der Waals surface area contributed by atoms with Crippen molar-refractivity contribution in [3.8, 4) is 0 Å². The highest BCUT2D eigenvalue weighted by Gasteiger charge is 2.91. The highest BCUT2D eigenvalue weighted by molar-refractivity contribution is 5.21. The molecule has 0 aromatic heterocycles. The standard InChI is InChI=1S/C16H21F12NO2/c1-8(2,3)12(21)13(22,10(6,29)9(4,5)11(19,20)7(17)18)31-14(30-12,15(23,24)25)16(26,27)28/h7H,29H2,1-6H3. The number of rotatable bonds is 4. The van der Waals surface area contributed by atoms with Crippen LogP contribution < -0.4 is 5.73 Å². The van der Waals surface area contributed by atoms with E-state index in [2.05, 4.69) is 9.47 Å². The number of ether oxygens (including phenoxy) is 2. The minimum absolute atomic E-state index is 0.0373. The third-order valence-corrected chi connectivity index (χ3v) is 5.77. The molecule has 0 amide bonds. The zero-order chi connectivity index (χ0) is 25.5. The van der Waals surface area contributed by atoms with Gasteiger partial charge < -0.3 is 5.73 Å². The molecule has 31 heavy (non-hydrogen) atoms. The van der Waals surface area contributed by atoms with Gasteiger partial charge >= 0.3 is 30.5 Å². The maximum Gasteiger partial charge on any atom is 0.453 e. The van der Waals surface area contributed by atoms with Crippen molar-refractivity contribution in [2.45, 2.75) is 89.3 Å². The average molecular weight is 487 g/mol. The number of hydrogen-bond donors (Lipinski definition) is 1. The van der Waals surface area contributed by atoms with Crippen LogP contribution in [-0.4, -0.2) is 47.7 Å². The smallest absolute Gasteiger partial charge is 0.320 e. The average Bonchev–Trinajstić information content (AvgIpc) is 2.77. The van der Waals surface area contributed by atoms with Crippen LogP contribution in [-0.2, 0) is 9.47 Å². The first kappa shape index (κ1) is 28.1. The molecule has 0 aromatic rings. The third kappa shape index (κ3) is 3.31. The summed E-state index contributed by atoms with van der Waals surface area (Å²) in [6.45, 7) is 1.99. The van der Waals surface area contributed by atoms with Crippen LogP contribution in [0.15, 0.2) is 0 Å². The van der Waals surface area contributed by atoms with Crippen LogP contribution in [0.1, 0.15) is 41.5 Å². The first-order valence-corrected chi connectivity index (χ1v) is 8.47. The van der Waals surface area contributed by atoms with Gasteiger partial charge in [-0.1, -0.05) is 34.6 Å². The Labute approximate surface area is 169 Å². The summed E-state index contributed by atoms with van der Waals surface area (Å²) in [5.41, 5.74) is -4.94. The molecular formula is C16H21F12NO2. The summed E-state index contributed by atoms with van der Waals surface area (Å²) in [6, 6.07) is 0. The van der Waals surface area contributed by atoms with E-state index in [0.717, 1.165) is 0 Å². The Balaban J connectivity index is 4.03. The van der Waals surface area contributed by atoms with Gasteiger partial charge in [0.15, 0.2) is 0 Å². The lowest BCUT2D eigenvalue weighted by molar-refractivity contribution is -0.463. The van der Waals surface area contributed by atoms with E-state index in [9.17, 15) is 43.9 Å². The topological polar surface area (TPSA) is 44.5 Å². The Kier molecular flexibility index (Phi) is 6.14. The van der Waals surface area contributed by atoms with Crippen LogP contribution in [0, 0.1) is 10.8 Å². The minimum atomic E-state index is -6.69. The van der Waals surface area contributed by atoms with E-state index in [-0.39, 0.29) is 20.8 Å². The molecule has 0 aliphatic carbocycles. The van der Waals surface area contributed by atoms with E-state index >= 15 is 8.78 Å². The summed E-state index contributed by atoms with van der Waals surface area (Å²) in [5.74, 6) is -21.3. The highest BCUT2D eigenvalue weighted by atomic mass is 19.4. The molecule has 0 aromatic carbocycles. The molecule has 0 radical (unpaired) electrons. The predicted molar refractivity (Wildman–Crippen MR) is 81.5 cm³/mol. The Bertz CT molecular complexity index is 680. The molecule has 1 heterocycles. The minimum Gasteiger partial charge on any atom is -0.320 e. The summed E-state index contributed by atoms with van der Waals surface area (Å²) in [4.78, 5) is 0. The number of halogens is 12. The van der Waals surface area contributed by atoms with Gasteiger partial charge in [-0.05, 0) is 6.92 Å². The summed E-state index contributed by atoms with van der Waals surface area (Å²) in [6.07, 6.45) is -18.0. The molecule has 0 saturated carbocycles. The number of nitrogens with two attached hydrogens (primary N) is 1. The second-order valence-corrected chi connectivity index (χ2v) is 9.01. The molecule has 3 nitrogen and oxygen atoms in total. The van der Waals surface area contributed by atoms with Crippen molar-refractivity contribution in [2.24, 2.45) is 16.6 Å². The Morgan fingerprint density at radius 2 is 1.00 bits per heavy atom. The fourth-order valence-corrected chi connectivity index (χ4v) is 3.04. The first-order valence-electron chi connectivity index (χ1n) is 8.47. The van der Waals surface area contributed by atoms with Crippen LogP contribution >= 0.6 is 0 Å². The number of alkyl halides is 12. The molecule has 1 aliphatic heterocycles. The Hall–Kier alpha value is -0.960. The molecule has 3 unspecified atom stereocenters. The van der Waals surface area contributed by atoms with Crippen LogP contribution in [0.5, 0.6) is 0 Å². The van der Waals surface area contributed by atoms with E-state index in [1.807, 2.05) is 0 Å². The van der Waals surface area contributed by atoms with E-state index in [1.54, 1.807) is 0 Å². The lowest BCUT2D eigenvalue weighted by Crippen LogP contribution is -2.76. The van der Waals surface area contributed by atoms with E-state index < -0.39 is 58.6 Å². The molecule has 186 valence electrons. The first-order chi connectivity index (χ1) is 13.1. The SMILES string of the molecule is CC(C)(C)C1(F)OC(C(F)(F)F)(C(F)(F)F)OC1(F)C(C)(N)C(C)(C)C(F)(F)C(F)F. The van der Waals surface area contributed by atoms with Gasteiger partial charge in [0.25, 0.3) is 11.7 Å². The normalized spacial score (nSPS) is 30.6. The van der Waals surface area contributed by atoms with Gasteiger partial charge in [0, 0.05) is 5.41 Å². The molecular weight excluding hydrogens is 466 g/mol. The van der Waals surface area contributed by atoms with Crippen molar-refractivity contribution in [2.75, 3.05) is 0 Å². The molecule has 1 saturated heterocycles.